The van der Waals surface area contributed by atoms with E-state index < -0.39 is 97.5 Å². The Labute approximate surface area is 537 Å². The van der Waals surface area contributed by atoms with E-state index in [0.717, 1.165) is 108 Å². The topological polar surface area (TPSA) is 237 Å². The third-order valence-electron chi connectivity index (χ3n) is 16.2. The van der Waals surface area contributed by atoms with Crippen LogP contribution < -0.4 is 0 Å². The van der Waals surface area contributed by atoms with Crippen molar-refractivity contribution in [3.63, 3.8) is 0 Å². The predicted octanol–water partition coefficient (Wildman–Crippen LogP) is 19.5. The Morgan fingerprint density at radius 2 is 0.580 bits per heavy atom. The number of ether oxygens (including phenoxy) is 4. The van der Waals surface area contributed by atoms with Crippen molar-refractivity contribution in [1.29, 1.82) is 0 Å². The number of aliphatic hydroxyl groups is 1. The lowest BCUT2D eigenvalue weighted by atomic mass is 10.00. The second-order valence-corrected chi connectivity index (χ2v) is 29.0. The summed E-state index contributed by atoms with van der Waals surface area (Å²) in [4.78, 5) is 72.5. The van der Waals surface area contributed by atoms with E-state index in [9.17, 15) is 43.2 Å². The van der Waals surface area contributed by atoms with Crippen LogP contribution in [-0.4, -0.2) is 96.7 Å². The lowest BCUT2D eigenvalue weighted by Gasteiger charge is -2.21. The van der Waals surface area contributed by atoms with Gasteiger partial charge in [0.25, 0.3) is 0 Å². The molecule has 19 heteroatoms. The van der Waals surface area contributed by atoms with Gasteiger partial charge in [-0.15, -0.1) is 0 Å². The SMILES string of the molecule is CCCCCCCCCCCCCCCC(=O)OC[C@H](COP(=O)(O)OC[C@@H](O)COP(=O)(O)OC[C@@H](COC(=O)CCCCCCCCC(C)CC)OC(=O)CCCCCCCCCC(C)C)OC(=O)CCCCCCCCCCCCCCC(C)C. The number of unbranched alkanes of at least 4 members (excludes halogenated alkanes) is 34. The highest BCUT2D eigenvalue weighted by atomic mass is 31.2. The highest BCUT2D eigenvalue weighted by Crippen LogP contribution is 2.45. The molecule has 0 bridgehead atoms. The first kappa shape index (κ1) is 86.1. The number of aliphatic hydroxyl groups excluding tert-OH is 1. The quantitative estimate of drug-likeness (QED) is 0.0222. The summed E-state index contributed by atoms with van der Waals surface area (Å²) in [5, 5.41) is 10.6. The van der Waals surface area contributed by atoms with Crippen LogP contribution in [0.1, 0.15) is 344 Å². The van der Waals surface area contributed by atoms with Gasteiger partial charge in [0.15, 0.2) is 12.2 Å². The molecule has 0 aromatic carbocycles. The van der Waals surface area contributed by atoms with E-state index in [4.69, 9.17) is 37.0 Å². The largest absolute Gasteiger partial charge is 0.472 e. The molecule has 0 saturated heterocycles. The standard InChI is InChI=1S/C69H134O17P2/c1-8-10-11-12-13-14-15-16-20-23-28-36-43-50-66(71)79-56-64(85-68(73)52-45-38-29-24-21-18-17-19-22-26-33-40-47-60(3)4)58-83-87(75,76)81-54-63(70)55-82-88(77,78)84-59-65(86-69(74)53-46-39-30-25-27-34-41-48-61(5)6)57-80-67(72)51-44-37-32-31-35-42-49-62(7)9-2/h60-65,70H,8-59H2,1-7H3,(H,75,76)(H,77,78)/t62?,63-,64-,65-/m1/s1. The van der Waals surface area contributed by atoms with Crippen molar-refractivity contribution in [3.05, 3.63) is 0 Å². The van der Waals surface area contributed by atoms with E-state index in [1.54, 1.807) is 0 Å². The van der Waals surface area contributed by atoms with E-state index >= 15 is 0 Å². The van der Waals surface area contributed by atoms with Crippen LogP contribution in [-0.2, 0) is 65.4 Å². The highest BCUT2D eigenvalue weighted by Gasteiger charge is 2.30. The van der Waals surface area contributed by atoms with Crippen molar-refractivity contribution in [2.24, 2.45) is 17.8 Å². The second-order valence-electron chi connectivity index (χ2n) is 26.1. The van der Waals surface area contributed by atoms with Crippen LogP contribution in [0.25, 0.3) is 0 Å². The normalized spacial score (nSPS) is 14.5. The van der Waals surface area contributed by atoms with Crippen molar-refractivity contribution < 1.29 is 80.2 Å². The molecule has 17 nitrogen and oxygen atoms in total. The Morgan fingerprint density at radius 3 is 0.864 bits per heavy atom. The summed E-state index contributed by atoms with van der Waals surface area (Å²) in [6.45, 7) is 11.7. The van der Waals surface area contributed by atoms with Crippen molar-refractivity contribution >= 4 is 39.5 Å². The molecule has 3 N–H and O–H groups in total. The molecule has 6 atom stereocenters. The molecular weight excluding hydrogens is 1160 g/mol. The van der Waals surface area contributed by atoms with Crippen LogP contribution in [0.5, 0.6) is 0 Å². The van der Waals surface area contributed by atoms with Gasteiger partial charge in [0.05, 0.1) is 26.4 Å². The van der Waals surface area contributed by atoms with Gasteiger partial charge in [0, 0.05) is 25.7 Å². The van der Waals surface area contributed by atoms with Gasteiger partial charge in [0.1, 0.15) is 19.3 Å². The number of phosphoric ester groups is 2. The van der Waals surface area contributed by atoms with Crippen LogP contribution in [0.4, 0.5) is 0 Å². The smallest absolute Gasteiger partial charge is 0.462 e. The van der Waals surface area contributed by atoms with Crippen LogP contribution >= 0.6 is 15.6 Å². The lowest BCUT2D eigenvalue weighted by molar-refractivity contribution is -0.161. The zero-order valence-electron chi connectivity index (χ0n) is 57.2. The second kappa shape index (κ2) is 60.0. The molecule has 0 saturated carbocycles. The average Bonchev–Trinajstić information content (AvgIpc) is 3.60. The van der Waals surface area contributed by atoms with Crippen molar-refractivity contribution in [3.8, 4) is 0 Å². The molecule has 0 rings (SSSR count). The zero-order chi connectivity index (χ0) is 65.2. The van der Waals surface area contributed by atoms with Crippen molar-refractivity contribution in [2.45, 2.75) is 362 Å². The third-order valence-corrected chi connectivity index (χ3v) is 18.1. The van der Waals surface area contributed by atoms with Gasteiger partial charge in [-0.2, -0.15) is 0 Å². The summed E-state index contributed by atoms with van der Waals surface area (Å²) in [6, 6.07) is 0. The molecule has 0 aliphatic carbocycles. The van der Waals surface area contributed by atoms with E-state index in [0.29, 0.717) is 31.6 Å². The average molecular weight is 1300 g/mol. The Bertz CT molecular complexity index is 1730. The Morgan fingerprint density at radius 1 is 0.330 bits per heavy atom. The summed E-state index contributed by atoms with van der Waals surface area (Å²) in [6.07, 6.45) is 43.1. The summed E-state index contributed by atoms with van der Waals surface area (Å²) < 4.78 is 68.2. The minimum atomic E-state index is -4.95. The van der Waals surface area contributed by atoms with E-state index in [-0.39, 0.29) is 25.7 Å². The summed E-state index contributed by atoms with van der Waals surface area (Å²) in [7, 11) is -9.90. The first-order chi connectivity index (χ1) is 42.3. The first-order valence-corrected chi connectivity index (χ1v) is 38.9. The Balaban J connectivity index is 5.25. The van der Waals surface area contributed by atoms with E-state index in [1.807, 2.05) is 0 Å². The fraction of sp³-hybridized carbons (Fsp3) is 0.942. The molecular formula is C69H134O17P2. The number of carbonyl (C=O) groups excluding carboxylic acids is 4. The van der Waals surface area contributed by atoms with Gasteiger partial charge in [-0.05, 0) is 43.4 Å². The first-order valence-electron chi connectivity index (χ1n) is 35.9. The van der Waals surface area contributed by atoms with Gasteiger partial charge in [-0.1, -0.05) is 292 Å². The minimum absolute atomic E-state index is 0.102. The van der Waals surface area contributed by atoms with Gasteiger partial charge in [-0.3, -0.25) is 37.3 Å². The number of carbonyl (C=O) groups is 4. The van der Waals surface area contributed by atoms with Gasteiger partial charge >= 0.3 is 39.5 Å². The molecule has 522 valence electrons. The maximum atomic E-state index is 13.0. The summed E-state index contributed by atoms with van der Waals surface area (Å²) in [5.41, 5.74) is 0. The predicted molar refractivity (Wildman–Crippen MR) is 354 cm³/mol. The Kier molecular flexibility index (Phi) is 58.7. The maximum absolute atomic E-state index is 13.0. The molecule has 0 aliphatic rings. The number of esters is 4. The zero-order valence-corrected chi connectivity index (χ0v) is 59.0. The molecule has 0 fully saturated rings. The molecule has 0 heterocycles. The molecule has 0 spiro atoms. The lowest BCUT2D eigenvalue weighted by Crippen LogP contribution is -2.30. The van der Waals surface area contributed by atoms with E-state index in [2.05, 4.69) is 48.5 Å². The third kappa shape index (κ3) is 61.6. The highest BCUT2D eigenvalue weighted by molar-refractivity contribution is 7.47. The van der Waals surface area contributed by atoms with Crippen LogP contribution in [0.2, 0.25) is 0 Å². The van der Waals surface area contributed by atoms with Crippen molar-refractivity contribution in [1.82, 2.24) is 0 Å². The maximum Gasteiger partial charge on any atom is 0.472 e. The minimum Gasteiger partial charge on any atom is -0.462 e. The molecule has 0 amide bonds. The molecule has 3 unspecified atom stereocenters. The van der Waals surface area contributed by atoms with Gasteiger partial charge in [0.2, 0.25) is 0 Å². The van der Waals surface area contributed by atoms with Gasteiger partial charge < -0.3 is 33.8 Å². The van der Waals surface area contributed by atoms with E-state index in [1.165, 1.54) is 148 Å². The monoisotopic (exact) mass is 1300 g/mol. The fourth-order valence-electron chi connectivity index (χ4n) is 10.3. The summed E-state index contributed by atoms with van der Waals surface area (Å²) in [5.74, 6) is 0.0734. The molecule has 0 radical (unpaired) electrons. The van der Waals surface area contributed by atoms with Crippen LogP contribution in [0.3, 0.4) is 0 Å². The molecule has 88 heavy (non-hydrogen) atoms. The number of hydrogen-bond acceptors (Lipinski definition) is 15. The number of hydrogen-bond donors (Lipinski definition) is 3. The van der Waals surface area contributed by atoms with Crippen LogP contribution in [0.15, 0.2) is 0 Å². The summed E-state index contributed by atoms with van der Waals surface area (Å²) >= 11 is 0. The molecule has 0 aromatic rings. The fourth-order valence-corrected chi connectivity index (χ4v) is 11.9. The molecule has 0 aromatic heterocycles. The molecule has 0 aliphatic heterocycles. The van der Waals surface area contributed by atoms with Crippen molar-refractivity contribution in [2.75, 3.05) is 39.6 Å². The number of phosphoric acid groups is 2. The van der Waals surface area contributed by atoms with Crippen LogP contribution in [0, 0.1) is 17.8 Å². The number of rotatable bonds is 67. The Hall–Kier alpha value is -1.94. The van der Waals surface area contributed by atoms with Gasteiger partial charge in [-0.25, -0.2) is 9.13 Å².